The zero-order chi connectivity index (χ0) is 21.6. The number of hydrogen-bond acceptors (Lipinski definition) is 4. The van der Waals surface area contributed by atoms with Crippen LogP contribution in [0.1, 0.15) is 18.4 Å². The normalized spacial score (nSPS) is 15.6. The van der Waals surface area contributed by atoms with Crippen molar-refractivity contribution >= 4 is 21.8 Å². The Bertz CT molecular complexity index is 1260. The molecule has 4 aromatic rings. The van der Waals surface area contributed by atoms with Crippen molar-refractivity contribution in [2.75, 3.05) is 13.1 Å². The zero-order valence-corrected chi connectivity index (χ0v) is 16.9. The highest BCUT2D eigenvalue weighted by molar-refractivity contribution is 6.08. The third-order valence-electron chi connectivity index (χ3n) is 5.86. The van der Waals surface area contributed by atoms with Crippen LogP contribution >= 0.6 is 0 Å². The second-order valence-electron chi connectivity index (χ2n) is 7.83. The van der Waals surface area contributed by atoms with E-state index in [4.69, 9.17) is 4.74 Å². The number of ether oxygens (including phenoxy) is 1. The van der Waals surface area contributed by atoms with Gasteiger partial charge >= 0.3 is 6.18 Å². The number of nitrogens with one attached hydrogen (secondary N) is 1. The summed E-state index contributed by atoms with van der Waals surface area (Å²) in [6, 6.07) is 8.68. The second kappa shape index (κ2) is 7.53. The number of halogens is 3. The molecule has 4 heterocycles. The molecule has 5 rings (SSSR count). The van der Waals surface area contributed by atoms with E-state index in [1.54, 1.807) is 12.4 Å². The van der Waals surface area contributed by atoms with Gasteiger partial charge in [0.25, 0.3) is 0 Å². The zero-order valence-electron chi connectivity index (χ0n) is 16.9. The van der Waals surface area contributed by atoms with Crippen molar-refractivity contribution in [3.05, 3.63) is 54.5 Å². The molecule has 1 aliphatic heterocycles. The third kappa shape index (κ3) is 3.61. The van der Waals surface area contributed by atoms with Gasteiger partial charge in [-0.2, -0.15) is 13.2 Å². The number of fused-ring (bicyclic) bond motifs is 3. The van der Waals surface area contributed by atoms with Crippen LogP contribution in [0.4, 0.5) is 13.2 Å². The van der Waals surface area contributed by atoms with E-state index in [0.29, 0.717) is 24.0 Å². The number of alkyl halides is 3. The molecule has 0 spiro atoms. The Hall–Kier alpha value is -3.13. The number of pyridine rings is 2. The molecule has 5 nitrogen and oxygen atoms in total. The molecule has 8 heteroatoms. The van der Waals surface area contributed by atoms with Crippen molar-refractivity contribution < 1.29 is 17.9 Å². The molecule has 3 aromatic heterocycles. The van der Waals surface area contributed by atoms with Crippen molar-refractivity contribution in [1.82, 2.24) is 19.9 Å². The van der Waals surface area contributed by atoms with Gasteiger partial charge in [-0.3, -0.25) is 4.98 Å². The lowest BCUT2D eigenvalue weighted by atomic mass is 10.0. The maximum atomic E-state index is 13.8. The van der Waals surface area contributed by atoms with Crippen LogP contribution < -0.4 is 10.1 Å². The van der Waals surface area contributed by atoms with Gasteiger partial charge in [0.05, 0.1) is 5.52 Å². The largest absolute Gasteiger partial charge is 0.474 e. The Labute approximate surface area is 176 Å². The first-order valence-electron chi connectivity index (χ1n) is 10.2. The van der Waals surface area contributed by atoms with E-state index >= 15 is 0 Å². The summed E-state index contributed by atoms with van der Waals surface area (Å²) in [6.45, 7) is 1.45. The minimum absolute atomic E-state index is 0.263. The molecule has 0 aliphatic carbocycles. The van der Waals surface area contributed by atoms with Crippen molar-refractivity contribution in [3.8, 4) is 17.0 Å². The highest BCUT2D eigenvalue weighted by atomic mass is 19.4. The molecule has 0 radical (unpaired) electrons. The number of aryl methyl sites for hydroxylation is 1. The van der Waals surface area contributed by atoms with Crippen molar-refractivity contribution in [2.24, 2.45) is 7.05 Å². The predicted octanol–water partition coefficient (Wildman–Crippen LogP) is 4.94. The van der Waals surface area contributed by atoms with Gasteiger partial charge in [0.1, 0.15) is 11.7 Å². The molecule has 0 bridgehead atoms. The van der Waals surface area contributed by atoms with Gasteiger partial charge in [-0.25, -0.2) is 4.98 Å². The fourth-order valence-electron chi connectivity index (χ4n) is 4.21. The van der Waals surface area contributed by atoms with Crippen LogP contribution in [-0.2, 0) is 13.2 Å². The molecular formula is C23H21F3N4O. The van der Waals surface area contributed by atoms with E-state index in [-0.39, 0.29) is 12.0 Å². The molecule has 0 atom stereocenters. The van der Waals surface area contributed by atoms with Crippen LogP contribution in [0.5, 0.6) is 5.88 Å². The monoisotopic (exact) mass is 426 g/mol. The van der Waals surface area contributed by atoms with Crippen LogP contribution in [-0.4, -0.2) is 33.7 Å². The lowest BCUT2D eigenvalue weighted by Crippen LogP contribution is -2.34. The fraction of sp³-hybridized carbons (Fsp3) is 0.304. The fourth-order valence-corrected chi connectivity index (χ4v) is 4.21. The summed E-state index contributed by atoms with van der Waals surface area (Å²) >= 11 is 0. The Kier molecular flexibility index (Phi) is 4.81. The first-order valence-corrected chi connectivity index (χ1v) is 10.2. The van der Waals surface area contributed by atoms with E-state index in [9.17, 15) is 13.2 Å². The van der Waals surface area contributed by atoms with Crippen LogP contribution in [0.15, 0.2) is 48.9 Å². The summed E-state index contributed by atoms with van der Waals surface area (Å²) in [6.07, 6.45) is 1.48. The maximum absolute atomic E-state index is 13.8. The number of rotatable bonds is 3. The number of benzene rings is 1. The molecule has 0 amide bonds. The van der Waals surface area contributed by atoms with E-state index in [1.807, 2.05) is 35.9 Å². The standard InChI is InChI=1S/C23H21F3N4O/c1-30-20-6-9-28-13-18(20)17-3-2-14(11-21(17)30)15-10-19(23(24,25)26)22(29-12-15)31-16-4-7-27-8-5-16/h2-3,6,9-13,16,27H,4-5,7-8H2,1H3. The average molecular weight is 426 g/mol. The molecule has 1 N–H and O–H groups in total. The van der Waals surface area contributed by atoms with Crippen molar-refractivity contribution in [3.63, 3.8) is 0 Å². The van der Waals surface area contributed by atoms with Gasteiger partial charge < -0.3 is 14.6 Å². The minimum atomic E-state index is -4.55. The van der Waals surface area contributed by atoms with Gasteiger partial charge in [-0.15, -0.1) is 0 Å². The molecule has 1 saturated heterocycles. The van der Waals surface area contributed by atoms with Gasteiger partial charge in [0.2, 0.25) is 5.88 Å². The summed E-state index contributed by atoms with van der Waals surface area (Å²) in [5.41, 5.74) is 2.16. The van der Waals surface area contributed by atoms with E-state index in [0.717, 1.165) is 41.0 Å². The Morgan fingerprint density at radius 2 is 1.81 bits per heavy atom. The van der Waals surface area contributed by atoms with Crippen LogP contribution in [0, 0.1) is 0 Å². The summed E-state index contributed by atoms with van der Waals surface area (Å²) in [4.78, 5) is 8.27. The van der Waals surface area contributed by atoms with E-state index < -0.39 is 11.7 Å². The third-order valence-corrected chi connectivity index (χ3v) is 5.86. The van der Waals surface area contributed by atoms with E-state index in [1.165, 1.54) is 6.20 Å². The molecule has 1 aliphatic rings. The topological polar surface area (TPSA) is 52.0 Å². The number of hydrogen-bond donors (Lipinski definition) is 1. The van der Waals surface area contributed by atoms with Gasteiger partial charge in [0, 0.05) is 47.5 Å². The summed E-state index contributed by atoms with van der Waals surface area (Å²) < 4.78 is 49.1. The molecule has 0 unspecified atom stereocenters. The first kappa shape index (κ1) is 19.8. The van der Waals surface area contributed by atoms with E-state index in [2.05, 4.69) is 15.3 Å². The summed E-state index contributed by atoms with van der Waals surface area (Å²) in [7, 11) is 1.93. The SMILES string of the molecule is Cn1c2ccncc2c2ccc(-c3cnc(OC4CCNCC4)c(C(F)(F)F)c3)cc21. The molecule has 1 fully saturated rings. The quantitative estimate of drug-likeness (QED) is 0.504. The lowest BCUT2D eigenvalue weighted by Gasteiger charge is -2.24. The Morgan fingerprint density at radius 3 is 2.58 bits per heavy atom. The minimum Gasteiger partial charge on any atom is -0.474 e. The second-order valence-corrected chi connectivity index (χ2v) is 7.83. The van der Waals surface area contributed by atoms with Crippen LogP contribution in [0.3, 0.4) is 0 Å². The Balaban J connectivity index is 1.57. The van der Waals surface area contributed by atoms with Gasteiger partial charge in [-0.05, 0) is 49.7 Å². The van der Waals surface area contributed by atoms with Gasteiger partial charge in [-0.1, -0.05) is 12.1 Å². The predicted molar refractivity (Wildman–Crippen MR) is 113 cm³/mol. The maximum Gasteiger partial charge on any atom is 0.421 e. The summed E-state index contributed by atoms with van der Waals surface area (Å²) in [5, 5.41) is 5.19. The number of nitrogens with zero attached hydrogens (tertiary/aromatic N) is 3. The summed E-state index contributed by atoms with van der Waals surface area (Å²) in [5.74, 6) is -0.347. The first-order chi connectivity index (χ1) is 14.9. The molecule has 0 saturated carbocycles. The molecule has 160 valence electrons. The highest BCUT2D eigenvalue weighted by Crippen LogP contribution is 2.39. The van der Waals surface area contributed by atoms with Crippen LogP contribution in [0.2, 0.25) is 0 Å². The van der Waals surface area contributed by atoms with Gasteiger partial charge in [0.15, 0.2) is 0 Å². The molecular weight excluding hydrogens is 405 g/mol. The molecule has 31 heavy (non-hydrogen) atoms. The lowest BCUT2D eigenvalue weighted by molar-refractivity contribution is -0.139. The van der Waals surface area contributed by atoms with Crippen molar-refractivity contribution in [2.45, 2.75) is 25.1 Å². The van der Waals surface area contributed by atoms with Crippen molar-refractivity contribution in [1.29, 1.82) is 0 Å². The number of aromatic nitrogens is 3. The molecule has 1 aromatic carbocycles. The smallest absolute Gasteiger partial charge is 0.421 e. The Morgan fingerprint density at radius 1 is 1.00 bits per heavy atom. The average Bonchev–Trinajstić information content (AvgIpc) is 3.06. The number of piperidine rings is 1. The van der Waals surface area contributed by atoms with Crippen LogP contribution in [0.25, 0.3) is 32.9 Å². The highest BCUT2D eigenvalue weighted by Gasteiger charge is 2.36.